The van der Waals surface area contributed by atoms with Crippen molar-refractivity contribution in [1.82, 2.24) is 19.3 Å². The van der Waals surface area contributed by atoms with Crippen molar-refractivity contribution >= 4 is 0 Å². The first-order valence-electron chi connectivity index (χ1n) is 5.14. The zero-order valence-corrected chi connectivity index (χ0v) is 9.54. The van der Waals surface area contributed by atoms with Gasteiger partial charge in [-0.1, -0.05) is 5.16 Å². The van der Waals surface area contributed by atoms with Crippen LogP contribution in [-0.2, 0) is 6.54 Å². The summed E-state index contributed by atoms with van der Waals surface area (Å²) in [4.78, 5) is 15.9. The van der Waals surface area contributed by atoms with Gasteiger partial charge in [-0.15, -0.1) is 0 Å². The van der Waals surface area contributed by atoms with E-state index in [4.69, 9.17) is 4.52 Å². The fourth-order valence-electron chi connectivity index (χ4n) is 1.49. The van der Waals surface area contributed by atoms with E-state index in [-0.39, 0.29) is 11.7 Å². The lowest BCUT2D eigenvalue weighted by molar-refractivity contribution is 0.365. The van der Waals surface area contributed by atoms with Crippen molar-refractivity contribution < 1.29 is 4.52 Å². The number of hydrogen-bond acceptors (Lipinski definition) is 4. The van der Waals surface area contributed by atoms with Gasteiger partial charge in [-0.25, -0.2) is 4.79 Å². The lowest BCUT2D eigenvalue weighted by Crippen LogP contribution is -2.25. The fourth-order valence-corrected chi connectivity index (χ4v) is 1.49. The Labute approximate surface area is 92.5 Å². The monoisotopic (exact) mass is 222 g/mol. The van der Waals surface area contributed by atoms with E-state index in [2.05, 4.69) is 10.1 Å². The Hall–Kier alpha value is -1.85. The van der Waals surface area contributed by atoms with Crippen LogP contribution in [0.2, 0.25) is 0 Å². The molecule has 16 heavy (non-hydrogen) atoms. The normalized spacial score (nSPS) is 11.2. The molecule has 0 bridgehead atoms. The Morgan fingerprint density at radius 3 is 2.69 bits per heavy atom. The molecule has 0 saturated carbocycles. The van der Waals surface area contributed by atoms with Crippen LogP contribution in [0.15, 0.2) is 21.7 Å². The van der Waals surface area contributed by atoms with Gasteiger partial charge in [0, 0.05) is 18.4 Å². The second-order valence-corrected chi connectivity index (χ2v) is 3.94. The number of aryl methyl sites for hydroxylation is 1. The van der Waals surface area contributed by atoms with Crippen LogP contribution in [0.5, 0.6) is 0 Å². The van der Waals surface area contributed by atoms with Crippen LogP contribution in [-0.4, -0.2) is 19.3 Å². The zero-order chi connectivity index (χ0) is 11.7. The van der Waals surface area contributed by atoms with Gasteiger partial charge in [-0.3, -0.25) is 9.13 Å². The lowest BCUT2D eigenvalue weighted by atomic mass is 10.4. The standard InChI is InChI=1S/C10H14N4O2/c1-7(2)14-5-4-13(10(14)15)6-9-11-8(3)12-16-9/h4-5,7H,6H2,1-3H3. The van der Waals surface area contributed by atoms with Crippen molar-refractivity contribution in [3.05, 3.63) is 34.6 Å². The first-order valence-corrected chi connectivity index (χ1v) is 5.14. The van der Waals surface area contributed by atoms with Crippen molar-refractivity contribution in [1.29, 1.82) is 0 Å². The summed E-state index contributed by atoms with van der Waals surface area (Å²) in [5.74, 6) is 1.02. The molecule has 0 N–H and O–H groups in total. The second-order valence-electron chi connectivity index (χ2n) is 3.94. The average molecular weight is 222 g/mol. The summed E-state index contributed by atoms with van der Waals surface area (Å²) in [6.07, 6.45) is 3.48. The van der Waals surface area contributed by atoms with Crippen LogP contribution < -0.4 is 5.69 Å². The number of rotatable bonds is 3. The SMILES string of the molecule is Cc1noc(Cn2ccn(C(C)C)c2=O)n1. The lowest BCUT2D eigenvalue weighted by Gasteiger charge is -2.03. The molecule has 0 aliphatic carbocycles. The molecule has 0 aliphatic heterocycles. The van der Waals surface area contributed by atoms with Gasteiger partial charge in [0.05, 0.1) is 0 Å². The number of aromatic nitrogens is 4. The number of hydrogen-bond donors (Lipinski definition) is 0. The van der Waals surface area contributed by atoms with E-state index in [1.807, 2.05) is 13.8 Å². The van der Waals surface area contributed by atoms with Crippen molar-refractivity contribution in [3.63, 3.8) is 0 Å². The molecule has 2 rings (SSSR count). The van der Waals surface area contributed by atoms with Gasteiger partial charge in [-0.05, 0) is 20.8 Å². The topological polar surface area (TPSA) is 65.8 Å². The molecule has 6 nitrogen and oxygen atoms in total. The predicted octanol–water partition coefficient (Wildman–Crippen LogP) is 0.970. The summed E-state index contributed by atoms with van der Waals surface area (Å²) < 4.78 is 8.17. The van der Waals surface area contributed by atoms with Crippen LogP contribution in [0, 0.1) is 6.92 Å². The number of nitrogens with zero attached hydrogens (tertiary/aromatic N) is 4. The molecular formula is C10H14N4O2. The minimum atomic E-state index is -0.0640. The fraction of sp³-hybridized carbons (Fsp3) is 0.500. The Balaban J connectivity index is 2.26. The van der Waals surface area contributed by atoms with Gasteiger partial charge in [0.15, 0.2) is 5.82 Å². The number of imidazole rings is 1. The quantitative estimate of drug-likeness (QED) is 0.776. The minimum absolute atomic E-state index is 0.0640. The first-order chi connectivity index (χ1) is 7.58. The van der Waals surface area contributed by atoms with E-state index >= 15 is 0 Å². The predicted molar refractivity (Wildman–Crippen MR) is 57.2 cm³/mol. The second kappa shape index (κ2) is 3.96. The van der Waals surface area contributed by atoms with Gasteiger partial charge in [0.25, 0.3) is 0 Å². The van der Waals surface area contributed by atoms with Crippen molar-refractivity contribution in [2.24, 2.45) is 0 Å². The first kappa shape index (κ1) is 10.7. The summed E-state index contributed by atoms with van der Waals surface area (Å²) in [5, 5.41) is 3.68. The van der Waals surface area contributed by atoms with E-state index in [9.17, 15) is 4.79 Å². The van der Waals surface area contributed by atoms with Gasteiger partial charge in [0.2, 0.25) is 5.89 Å². The third-order valence-electron chi connectivity index (χ3n) is 2.31. The van der Waals surface area contributed by atoms with Crippen LogP contribution in [0.25, 0.3) is 0 Å². The molecule has 6 heteroatoms. The maximum absolute atomic E-state index is 11.9. The van der Waals surface area contributed by atoms with Gasteiger partial charge in [-0.2, -0.15) is 4.98 Å². The molecule has 2 heterocycles. The van der Waals surface area contributed by atoms with Crippen LogP contribution >= 0.6 is 0 Å². The third-order valence-corrected chi connectivity index (χ3v) is 2.31. The molecule has 2 aromatic rings. The van der Waals surface area contributed by atoms with Crippen LogP contribution in [0.4, 0.5) is 0 Å². The Morgan fingerprint density at radius 1 is 1.44 bits per heavy atom. The molecule has 0 unspecified atom stereocenters. The van der Waals surface area contributed by atoms with Crippen molar-refractivity contribution in [2.75, 3.05) is 0 Å². The average Bonchev–Trinajstić information content (AvgIpc) is 2.76. The summed E-state index contributed by atoms with van der Waals surface area (Å²) in [5.41, 5.74) is -0.0640. The Kier molecular flexibility index (Phi) is 2.64. The zero-order valence-electron chi connectivity index (χ0n) is 9.54. The molecular weight excluding hydrogens is 208 g/mol. The molecule has 0 amide bonds. The Bertz CT molecular complexity index is 535. The highest BCUT2D eigenvalue weighted by Gasteiger charge is 2.09. The van der Waals surface area contributed by atoms with Crippen LogP contribution in [0.3, 0.4) is 0 Å². The molecule has 0 aliphatic rings. The van der Waals surface area contributed by atoms with E-state index in [0.717, 1.165) is 0 Å². The highest BCUT2D eigenvalue weighted by atomic mass is 16.5. The van der Waals surface area contributed by atoms with Crippen LogP contribution in [0.1, 0.15) is 31.6 Å². The van der Waals surface area contributed by atoms with E-state index in [0.29, 0.717) is 18.3 Å². The summed E-state index contributed by atoms with van der Waals surface area (Å²) >= 11 is 0. The smallest absolute Gasteiger partial charge is 0.328 e. The van der Waals surface area contributed by atoms with Crippen molar-refractivity contribution in [2.45, 2.75) is 33.4 Å². The summed E-state index contributed by atoms with van der Waals surface area (Å²) in [6.45, 7) is 5.99. The maximum atomic E-state index is 11.9. The highest BCUT2D eigenvalue weighted by Crippen LogP contribution is 2.02. The Morgan fingerprint density at radius 2 is 2.19 bits per heavy atom. The third kappa shape index (κ3) is 1.91. The van der Waals surface area contributed by atoms with Gasteiger partial charge in [0.1, 0.15) is 6.54 Å². The molecule has 0 aromatic carbocycles. The van der Waals surface area contributed by atoms with Gasteiger partial charge >= 0.3 is 5.69 Å². The maximum Gasteiger partial charge on any atom is 0.328 e. The van der Waals surface area contributed by atoms with E-state index in [1.54, 1.807) is 28.5 Å². The highest BCUT2D eigenvalue weighted by molar-refractivity contribution is 4.89. The van der Waals surface area contributed by atoms with E-state index in [1.165, 1.54) is 0 Å². The van der Waals surface area contributed by atoms with E-state index < -0.39 is 0 Å². The molecule has 0 saturated heterocycles. The molecule has 2 aromatic heterocycles. The molecule has 0 atom stereocenters. The largest absolute Gasteiger partial charge is 0.337 e. The van der Waals surface area contributed by atoms with Gasteiger partial charge < -0.3 is 4.52 Å². The summed E-state index contributed by atoms with van der Waals surface area (Å²) in [6, 6.07) is 0.151. The molecule has 0 fully saturated rings. The minimum Gasteiger partial charge on any atom is -0.337 e. The molecule has 0 radical (unpaired) electrons. The van der Waals surface area contributed by atoms with Crippen molar-refractivity contribution in [3.8, 4) is 0 Å². The summed E-state index contributed by atoms with van der Waals surface area (Å²) in [7, 11) is 0. The molecule has 0 spiro atoms. The molecule has 86 valence electrons.